The molecule has 0 aliphatic rings. The van der Waals surface area contributed by atoms with Crippen molar-refractivity contribution in [3.8, 4) is 0 Å². The summed E-state index contributed by atoms with van der Waals surface area (Å²) in [6.45, 7) is 10.6. The van der Waals surface area contributed by atoms with Gasteiger partial charge in [-0.3, -0.25) is 14.5 Å². The molecule has 0 bridgehead atoms. The van der Waals surface area contributed by atoms with Crippen molar-refractivity contribution in [3.63, 3.8) is 0 Å². The van der Waals surface area contributed by atoms with Crippen LogP contribution in [0.5, 0.6) is 0 Å². The third-order valence-corrected chi connectivity index (χ3v) is 5.35. The summed E-state index contributed by atoms with van der Waals surface area (Å²) in [6, 6.07) is -2.45. The van der Waals surface area contributed by atoms with Gasteiger partial charge >= 0.3 is 12.1 Å². The van der Waals surface area contributed by atoms with Crippen LogP contribution in [-0.2, 0) is 23.9 Å². The number of unbranched alkanes of at least 4 members (excludes halogenated alkanes) is 3. The predicted octanol–water partition coefficient (Wildman–Crippen LogP) is 2.45. The van der Waals surface area contributed by atoms with Crippen molar-refractivity contribution in [2.24, 2.45) is 0 Å². The molecule has 0 aliphatic heterocycles. The minimum atomic E-state index is -0.839. The summed E-state index contributed by atoms with van der Waals surface area (Å²) in [5.41, 5.74) is 0. The van der Waals surface area contributed by atoms with E-state index in [2.05, 4.69) is 13.5 Å². The average molecular weight is 442 g/mol. The zero-order valence-corrected chi connectivity index (χ0v) is 20.1. The van der Waals surface area contributed by atoms with Gasteiger partial charge in [0.05, 0.1) is 6.61 Å². The molecule has 0 saturated carbocycles. The monoisotopic (exact) mass is 441 g/mol. The second kappa shape index (κ2) is 14.4. The van der Waals surface area contributed by atoms with Crippen molar-refractivity contribution < 1.29 is 28.7 Å². The van der Waals surface area contributed by atoms with Crippen LogP contribution in [0.25, 0.3) is 0 Å². The van der Waals surface area contributed by atoms with E-state index in [9.17, 15) is 19.2 Å². The zero-order chi connectivity index (χ0) is 24.1. The zero-order valence-electron chi connectivity index (χ0n) is 20.1. The van der Waals surface area contributed by atoms with Crippen molar-refractivity contribution >= 4 is 23.9 Å². The fourth-order valence-corrected chi connectivity index (χ4v) is 2.67. The van der Waals surface area contributed by atoms with Crippen molar-refractivity contribution in [2.45, 2.75) is 71.5 Å². The number of esters is 1. The molecule has 0 aromatic carbocycles. The number of likely N-dealkylation sites (N-methyl/N-ethyl adjacent to an activating group) is 3. The number of nitrogens with zero attached hydrogens (tertiary/aromatic N) is 3. The van der Waals surface area contributed by atoms with Crippen LogP contribution >= 0.6 is 0 Å². The van der Waals surface area contributed by atoms with Crippen LogP contribution in [0.1, 0.15) is 53.4 Å². The Hall–Kier alpha value is -2.58. The van der Waals surface area contributed by atoms with Gasteiger partial charge in [-0.05, 0) is 27.2 Å². The summed E-state index contributed by atoms with van der Waals surface area (Å²) in [5, 5.41) is 0. The third-order valence-electron chi connectivity index (χ3n) is 5.35. The van der Waals surface area contributed by atoms with Crippen LogP contribution in [0.2, 0.25) is 0 Å². The Kier molecular flexibility index (Phi) is 13.2. The van der Waals surface area contributed by atoms with Crippen molar-refractivity contribution in [1.29, 1.82) is 0 Å². The topological polar surface area (TPSA) is 96.5 Å². The molecule has 0 rings (SSSR count). The standard InChI is InChI=1S/C22H39N3O6/c1-9-11-12-13-15-30-21(28)18(5)24(7)19(26)16(3)23(6)20(27)17(4)25(8)22(29)31-14-10-2/h10,16-18H,2,9,11-15H2,1,3-8H3. The van der Waals surface area contributed by atoms with Crippen molar-refractivity contribution in [3.05, 3.63) is 12.7 Å². The van der Waals surface area contributed by atoms with Crippen LogP contribution in [0.4, 0.5) is 4.79 Å². The number of hydrogen-bond donors (Lipinski definition) is 0. The van der Waals surface area contributed by atoms with Crippen LogP contribution in [0, 0.1) is 0 Å². The SMILES string of the molecule is C=CCOC(=O)N(C)C(C)C(=O)N(C)C(C)C(=O)N(C)C(C)C(=O)OCCCCCC. The smallest absolute Gasteiger partial charge is 0.410 e. The van der Waals surface area contributed by atoms with Gasteiger partial charge in [-0.25, -0.2) is 9.59 Å². The summed E-state index contributed by atoms with van der Waals surface area (Å²) in [5.74, 6) is -1.32. The first-order valence-electron chi connectivity index (χ1n) is 10.7. The molecule has 0 spiro atoms. The molecular formula is C22H39N3O6. The fraction of sp³-hybridized carbons (Fsp3) is 0.727. The first-order valence-corrected chi connectivity index (χ1v) is 10.7. The predicted molar refractivity (Wildman–Crippen MR) is 118 cm³/mol. The van der Waals surface area contributed by atoms with E-state index >= 15 is 0 Å². The molecule has 178 valence electrons. The van der Waals surface area contributed by atoms with Gasteiger partial charge in [-0.15, -0.1) is 0 Å². The highest BCUT2D eigenvalue weighted by Gasteiger charge is 2.34. The van der Waals surface area contributed by atoms with Gasteiger partial charge in [-0.2, -0.15) is 0 Å². The Bertz CT molecular complexity index is 624. The number of hydrogen-bond acceptors (Lipinski definition) is 6. The molecule has 3 atom stereocenters. The van der Waals surface area contributed by atoms with Crippen molar-refractivity contribution in [2.75, 3.05) is 34.4 Å². The summed E-state index contributed by atoms with van der Waals surface area (Å²) >= 11 is 0. The van der Waals surface area contributed by atoms with E-state index in [1.54, 1.807) is 20.8 Å². The Morgan fingerprint density at radius 1 is 0.806 bits per heavy atom. The Morgan fingerprint density at radius 3 is 1.84 bits per heavy atom. The number of amides is 3. The maximum Gasteiger partial charge on any atom is 0.410 e. The summed E-state index contributed by atoms with van der Waals surface area (Å²) < 4.78 is 10.2. The van der Waals surface area contributed by atoms with Crippen molar-refractivity contribution in [1.82, 2.24) is 14.7 Å². The highest BCUT2D eigenvalue weighted by Crippen LogP contribution is 2.11. The van der Waals surface area contributed by atoms with E-state index in [1.165, 1.54) is 37.0 Å². The molecule has 9 nitrogen and oxygen atoms in total. The molecule has 0 aliphatic carbocycles. The molecule has 9 heteroatoms. The van der Waals surface area contributed by atoms with E-state index in [4.69, 9.17) is 9.47 Å². The second-order valence-electron chi connectivity index (χ2n) is 7.63. The van der Waals surface area contributed by atoms with Gasteiger partial charge < -0.3 is 19.3 Å². The van der Waals surface area contributed by atoms with E-state index in [0.717, 1.165) is 30.6 Å². The normalized spacial score (nSPS) is 13.4. The first-order chi connectivity index (χ1) is 14.5. The van der Waals surface area contributed by atoms with E-state index < -0.39 is 42.0 Å². The number of ether oxygens (including phenoxy) is 2. The molecule has 0 radical (unpaired) electrons. The van der Waals surface area contributed by atoms with E-state index in [0.29, 0.717) is 6.61 Å². The summed E-state index contributed by atoms with van der Waals surface area (Å²) in [7, 11) is 4.43. The Balaban J connectivity index is 4.86. The molecule has 0 saturated heterocycles. The minimum Gasteiger partial charge on any atom is -0.464 e. The molecule has 3 amide bonds. The second-order valence-corrected chi connectivity index (χ2v) is 7.63. The maximum atomic E-state index is 12.8. The quantitative estimate of drug-likeness (QED) is 0.247. The maximum absolute atomic E-state index is 12.8. The lowest BCUT2D eigenvalue weighted by Gasteiger charge is -2.33. The Labute approximate surface area is 186 Å². The largest absolute Gasteiger partial charge is 0.464 e. The lowest BCUT2D eigenvalue weighted by Crippen LogP contribution is -2.54. The molecule has 0 aromatic heterocycles. The minimum absolute atomic E-state index is 0.0339. The number of carbonyl (C=O) groups excluding carboxylic acids is 4. The lowest BCUT2D eigenvalue weighted by atomic mass is 10.2. The lowest BCUT2D eigenvalue weighted by molar-refractivity contribution is -0.156. The highest BCUT2D eigenvalue weighted by molar-refractivity contribution is 5.92. The molecule has 0 fully saturated rings. The molecule has 0 heterocycles. The Morgan fingerprint density at radius 2 is 1.32 bits per heavy atom. The van der Waals surface area contributed by atoms with Gasteiger partial charge in [0.15, 0.2) is 0 Å². The van der Waals surface area contributed by atoms with E-state index in [1.807, 2.05) is 0 Å². The summed E-state index contributed by atoms with van der Waals surface area (Å²) in [4.78, 5) is 53.5. The van der Waals surface area contributed by atoms with Crippen LogP contribution < -0.4 is 0 Å². The van der Waals surface area contributed by atoms with Gasteiger partial charge in [0.25, 0.3) is 0 Å². The third kappa shape index (κ3) is 8.98. The van der Waals surface area contributed by atoms with Crippen LogP contribution in [0.15, 0.2) is 12.7 Å². The number of carbonyl (C=O) groups is 4. The van der Waals surface area contributed by atoms with Crippen LogP contribution in [0.3, 0.4) is 0 Å². The first kappa shape index (κ1) is 28.4. The van der Waals surface area contributed by atoms with Gasteiger partial charge in [0.2, 0.25) is 11.8 Å². The van der Waals surface area contributed by atoms with Gasteiger partial charge in [-0.1, -0.05) is 38.8 Å². The highest BCUT2D eigenvalue weighted by atomic mass is 16.6. The van der Waals surface area contributed by atoms with Gasteiger partial charge in [0, 0.05) is 21.1 Å². The average Bonchev–Trinajstić information content (AvgIpc) is 2.77. The fourth-order valence-electron chi connectivity index (χ4n) is 2.67. The molecule has 0 aromatic rings. The number of rotatable bonds is 13. The van der Waals surface area contributed by atoms with Crippen LogP contribution in [-0.4, -0.2) is 91.1 Å². The van der Waals surface area contributed by atoms with Gasteiger partial charge in [0.1, 0.15) is 24.7 Å². The molecule has 3 unspecified atom stereocenters. The summed E-state index contributed by atoms with van der Waals surface area (Å²) in [6.07, 6.45) is 4.72. The van der Waals surface area contributed by atoms with E-state index in [-0.39, 0.29) is 6.61 Å². The molecule has 0 N–H and O–H groups in total. The molecular weight excluding hydrogens is 402 g/mol. The molecule has 31 heavy (non-hydrogen) atoms.